The Morgan fingerprint density at radius 3 is 2.69 bits per heavy atom. The summed E-state index contributed by atoms with van der Waals surface area (Å²) < 4.78 is 0. The van der Waals surface area contributed by atoms with Gasteiger partial charge in [0.2, 0.25) is 0 Å². The number of nitrogens with zero attached hydrogens (tertiary/aromatic N) is 2. The standard InChI is InChI=1S/C44H53N5/c1-28-20-22-35-29(2)36(23-21-33(35)26-28)43(46)49-41(32-14-8-7-9-15-32)31(4)48-30(3)37-18-13-25-47-42(37)38-17-12-19-40-39(38)27-34(44(40,5)6)16-10-11-24-45/h7-9,12-15,17,19-23,25-27,30,37,39-43,47,49H,10-11,16,18,46H2,1-6H3/b48-31+. The zero-order chi connectivity index (χ0) is 34.7. The third-order valence-electron chi connectivity index (χ3n) is 11.5. The predicted molar refractivity (Wildman–Crippen MR) is 205 cm³/mol. The summed E-state index contributed by atoms with van der Waals surface area (Å²) in [6, 6.07) is 24.0. The first-order chi connectivity index (χ1) is 23.6. The van der Waals surface area contributed by atoms with Gasteiger partial charge in [-0.2, -0.15) is 5.26 Å². The maximum absolute atomic E-state index is 9.15. The largest absolute Gasteiger partial charge is 0.384 e. The van der Waals surface area contributed by atoms with Crippen LogP contribution in [0.5, 0.6) is 0 Å². The van der Waals surface area contributed by atoms with E-state index in [0.717, 1.165) is 36.1 Å². The second kappa shape index (κ2) is 14.7. The van der Waals surface area contributed by atoms with E-state index in [0.29, 0.717) is 24.2 Å². The molecule has 1 heterocycles. The van der Waals surface area contributed by atoms with Crippen molar-refractivity contribution in [3.8, 4) is 6.07 Å². The fourth-order valence-electron chi connectivity index (χ4n) is 8.63. The predicted octanol–water partition coefficient (Wildman–Crippen LogP) is 9.47. The monoisotopic (exact) mass is 651 g/mol. The highest BCUT2D eigenvalue weighted by molar-refractivity contribution is 5.89. The molecule has 0 amide bonds. The molecule has 3 aliphatic rings. The molecule has 4 N–H and O–H groups in total. The van der Waals surface area contributed by atoms with E-state index in [1.165, 1.54) is 33.0 Å². The topological polar surface area (TPSA) is 86.2 Å². The average Bonchev–Trinajstić information content (AvgIpc) is 3.36. The van der Waals surface area contributed by atoms with Crippen molar-refractivity contribution in [2.45, 2.75) is 91.5 Å². The lowest BCUT2D eigenvalue weighted by Gasteiger charge is -2.40. The van der Waals surface area contributed by atoms with E-state index < -0.39 is 0 Å². The quantitative estimate of drug-likeness (QED) is 0.0834. The molecule has 6 rings (SSSR count). The summed E-state index contributed by atoms with van der Waals surface area (Å²) in [5.74, 6) is 1.08. The Labute approximate surface area is 293 Å². The maximum atomic E-state index is 9.15. The van der Waals surface area contributed by atoms with Crippen molar-refractivity contribution >= 4 is 16.5 Å². The van der Waals surface area contributed by atoms with E-state index in [4.69, 9.17) is 16.0 Å². The SMILES string of the molecule is C/C(=N\C(C)C1CC=CNC1C1=CC=CC2C1C=C(CCCC#N)C2(C)C)C(NC(N)c1ccc2cc(C)ccc2c1C)c1ccccc1. The first-order valence-corrected chi connectivity index (χ1v) is 18.1. The number of fused-ring (bicyclic) bond motifs is 2. The molecule has 0 aromatic heterocycles. The molecule has 0 spiro atoms. The highest BCUT2D eigenvalue weighted by Gasteiger charge is 2.46. The molecule has 7 atom stereocenters. The van der Waals surface area contributed by atoms with Crippen LogP contribution in [-0.4, -0.2) is 17.8 Å². The minimum Gasteiger partial charge on any atom is -0.384 e. The van der Waals surface area contributed by atoms with Crippen molar-refractivity contribution in [2.75, 3.05) is 0 Å². The van der Waals surface area contributed by atoms with Crippen LogP contribution in [0.25, 0.3) is 10.8 Å². The number of hydrogen-bond donors (Lipinski definition) is 3. The Hall–Kier alpha value is -4.24. The first kappa shape index (κ1) is 34.6. The van der Waals surface area contributed by atoms with Gasteiger partial charge in [0.1, 0.15) is 0 Å². The molecule has 49 heavy (non-hydrogen) atoms. The molecule has 0 saturated heterocycles. The average molecular weight is 652 g/mol. The fraction of sp³-hybridized carbons (Fsp3) is 0.409. The summed E-state index contributed by atoms with van der Waals surface area (Å²) >= 11 is 0. The molecule has 0 bridgehead atoms. The summed E-state index contributed by atoms with van der Waals surface area (Å²) in [6.45, 7) is 13.5. The van der Waals surface area contributed by atoms with Crippen molar-refractivity contribution < 1.29 is 0 Å². The van der Waals surface area contributed by atoms with Gasteiger partial charge in [-0.3, -0.25) is 10.3 Å². The molecule has 0 fully saturated rings. The molecule has 2 aliphatic carbocycles. The van der Waals surface area contributed by atoms with Crippen LogP contribution in [0.1, 0.15) is 87.8 Å². The van der Waals surface area contributed by atoms with E-state index in [1.54, 1.807) is 0 Å². The van der Waals surface area contributed by atoms with Crippen LogP contribution >= 0.6 is 0 Å². The third kappa shape index (κ3) is 7.09. The van der Waals surface area contributed by atoms with Crippen LogP contribution in [0.2, 0.25) is 0 Å². The highest BCUT2D eigenvalue weighted by atomic mass is 15.1. The minimum atomic E-state index is -0.362. The van der Waals surface area contributed by atoms with Crippen LogP contribution in [0, 0.1) is 48.3 Å². The van der Waals surface area contributed by atoms with Gasteiger partial charge >= 0.3 is 0 Å². The van der Waals surface area contributed by atoms with E-state index in [9.17, 15) is 0 Å². The highest BCUT2D eigenvalue weighted by Crippen LogP contribution is 2.53. The van der Waals surface area contributed by atoms with Crippen LogP contribution in [0.3, 0.4) is 0 Å². The lowest BCUT2D eigenvalue weighted by Crippen LogP contribution is -2.45. The second-order valence-electron chi connectivity index (χ2n) is 15.0. The Morgan fingerprint density at radius 1 is 1.12 bits per heavy atom. The molecule has 3 aromatic rings. The zero-order valence-electron chi connectivity index (χ0n) is 30.1. The number of rotatable bonds is 11. The Kier molecular flexibility index (Phi) is 10.4. The maximum Gasteiger partial charge on any atom is 0.0820 e. The lowest BCUT2D eigenvalue weighted by molar-refractivity contribution is 0.276. The van der Waals surface area contributed by atoms with Crippen molar-refractivity contribution in [1.82, 2.24) is 10.6 Å². The third-order valence-corrected chi connectivity index (χ3v) is 11.5. The molecular formula is C44H53N5. The van der Waals surface area contributed by atoms with Gasteiger partial charge in [-0.1, -0.05) is 116 Å². The van der Waals surface area contributed by atoms with Crippen LogP contribution in [0.4, 0.5) is 0 Å². The Morgan fingerprint density at radius 2 is 1.92 bits per heavy atom. The van der Waals surface area contributed by atoms with Gasteiger partial charge in [-0.05, 0) is 97.5 Å². The number of nitrogens with two attached hydrogens (primary N) is 1. The van der Waals surface area contributed by atoms with Crippen LogP contribution in [-0.2, 0) is 0 Å². The van der Waals surface area contributed by atoms with Gasteiger partial charge in [0, 0.05) is 24.0 Å². The second-order valence-corrected chi connectivity index (χ2v) is 15.0. The summed E-state index contributed by atoms with van der Waals surface area (Å²) in [5.41, 5.74) is 15.8. The number of unbranched alkanes of at least 4 members (excludes halogenated alkanes) is 1. The summed E-state index contributed by atoms with van der Waals surface area (Å²) in [4.78, 5) is 5.46. The summed E-state index contributed by atoms with van der Waals surface area (Å²) in [6.07, 6.45) is 17.1. The molecule has 5 heteroatoms. The number of aryl methyl sites for hydroxylation is 2. The lowest BCUT2D eigenvalue weighted by atomic mass is 9.68. The zero-order valence-corrected chi connectivity index (χ0v) is 30.1. The normalized spacial score (nSPS) is 24.7. The minimum absolute atomic E-state index is 0.0756. The number of hydrogen-bond acceptors (Lipinski definition) is 5. The van der Waals surface area contributed by atoms with E-state index in [-0.39, 0.29) is 29.7 Å². The van der Waals surface area contributed by atoms with Crippen LogP contribution < -0.4 is 16.4 Å². The van der Waals surface area contributed by atoms with Gasteiger partial charge in [0.05, 0.1) is 30.4 Å². The van der Waals surface area contributed by atoms with Crippen molar-refractivity contribution in [3.05, 3.63) is 131 Å². The van der Waals surface area contributed by atoms with Crippen molar-refractivity contribution in [3.63, 3.8) is 0 Å². The summed E-state index contributed by atoms with van der Waals surface area (Å²) in [7, 11) is 0. The number of nitrogens with one attached hydrogen (secondary N) is 2. The van der Waals surface area contributed by atoms with E-state index in [1.807, 2.05) is 0 Å². The number of aliphatic imine (C=N–C) groups is 1. The molecule has 3 aromatic carbocycles. The number of benzene rings is 3. The van der Waals surface area contributed by atoms with Crippen molar-refractivity contribution in [1.29, 1.82) is 5.26 Å². The molecular weight excluding hydrogens is 599 g/mol. The van der Waals surface area contributed by atoms with Crippen LogP contribution in [0.15, 0.2) is 113 Å². The van der Waals surface area contributed by atoms with Gasteiger partial charge in [0.15, 0.2) is 0 Å². The van der Waals surface area contributed by atoms with Crippen molar-refractivity contribution in [2.24, 2.45) is 33.9 Å². The number of allylic oxidation sites excluding steroid dienone is 6. The van der Waals surface area contributed by atoms with E-state index in [2.05, 4.69) is 155 Å². The van der Waals surface area contributed by atoms with Gasteiger partial charge < -0.3 is 11.1 Å². The molecule has 5 nitrogen and oxygen atoms in total. The smallest absolute Gasteiger partial charge is 0.0820 e. The summed E-state index contributed by atoms with van der Waals surface area (Å²) in [5, 5.41) is 19.2. The Bertz CT molecular complexity index is 1850. The van der Waals surface area contributed by atoms with Gasteiger partial charge in [-0.25, -0.2) is 0 Å². The van der Waals surface area contributed by atoms with Gasteiger partial charge in [0.25, 0.3) is 0 Å². The Balaban J connectivity index is 1.26. The molecule has 7 unspecified atom stereocenters. The molecule has 0 radical (unpaired) electrons. The molecule has 1 aliphatic heterocycles. The number of nitriles is 1. The van der Waals surface area contributed by atoms with Gasteiger partial charge in [-0.15, -0.1) is 0 Å². The first-order valence-electron chi connectivity index (χ1n) is 18.1. The molecule has 254 valence electrons. The fourth-order valence-corrected chi connectivity index (χ4v) is 8.63. The van der Waals surface area contributed by atoms with E-state index >= 15 is 0 Å². The molecule has 0 saturated carbocycles.